The number of rotatable bonds is 6. The topological polar surface area (TPSA) is 81.0 Å². The zero-order chi connectivity index (χ0) is 22.0. The van der Waals surface area contributed by atoms with Gasteiger partial charge in [0.05, 0.1) is 22.5 Å². The molecule has 1 aromatic heterocycles. The first kappa shape index (κ1) is 21.6. The van der Waals surface area contributed by atoms with Crippen LogP contribution < -0.4 is 9.70 Å². The number of benzene rings is 2. The highest BCUT2D eigenvalue weighted by Crippen LogP contribution is 2.24. The average molecular weight is 502 g/mol. The van der Waals surface area contributed by atoms with Crippen molar-refractivity contribution < 1.29 is 19.1 Å². The molecule has 1 fully saturated rings. The molecule has 0 spiro atoms. The molecule has 0 N–H and O–H groups in total. The van der Waals surface area contributed by atoms with E-state index in [1.165, 1.54) is 11.3 Å². The Bertz CT molecular complexity index is 1230. The van der Waals surface area contributed by atoms with Gasteiger partial charge >= 0.3 is 0 Å². The van der Waals surface area contributed by atoms with Gasteiger partial charge in [0.1, 0.15) is 0 Å². The van der Waals surface area contributed by atoms with Gasteiger partial charge in [-0.15, -0.1) is 0 Å². The van der Waals surface area contributed by atoms with E-state index >= 15 is 0 Å². The molecule has 0 saturated carbocycles. The molecule has 0 bridgehead atoms. The van der Waals surface area contributed by atoms with Crippen LogP contribution in [0.25, 0.3) is 10.2 Å². The van der Waals surface area contributed by atoms with Crippen LogP contribution >= 0.6 is 27.3 Å². The maximum Gasteiger partial charge on any atom is 0.279 e. The molecule has 0 unspecified atom stereocenters. The van der Waals surface area contributed by atoms with Gasteiger partial charge in [0.2, 0.25) is 11.8 Å². The van der Waals surface area contributed by atoms with Gasteiger partial charge in [-0.2, -0.15) is 4.99 Å². The second-order valence-electron chi connectivity index (χ2n) is 6.94. The lowest BCUT2D eigenvalue weighted by Crippen LogP contribution is -2.28. The largest absolute Gasteiger partial charge is 0.380 e. The molecule has 4 rings (SSSR count). The molecule has 3 amide bonds. The van der Waals surface area contributed by atoms with Gasteiger partial charge in [0.15, 0.2) is 4.80 Å². The lowest BCUT2D eigenvalue weighted by Gasteiger charge is -2.14. The fourth-order valence-corrected chi connectivity index (χ4v) is 5.05. The van der Waals surface area contributed by atoms with Crippen molar-refractivity contribution in [1.29, 1.82) is 0 Å². The van der Waals surface area contributed by atoms with E-state index in [0.29, 0.717) is 35.8 Å². The predicted molar refractivity (Wildman–Crippen MR) is 122 cm³/mol. The third-order valence-electron chi connectivity index (χ3n) is 4.91. The monoisotopic (exact) mass is 501 g/mol. The number of fused-ring (bicyclic) bond motifs is 1. The molecule has 160 valence electrons. The summed E-state index contributed by atoms with van der Waals surface area (Å²) in [6.45, 7) is 3.62. The first-order valence-corrected chi connectivity index (χ1v) is 11.5. The number of aromatic nitrogens is 1. The molecule has 0 aliphatic carbocycles. The summed E-state index contributed by atoms with van der Waals surface area (Å²) >= 11 is 4.90. The highest BCUT2D eigenvalue weighted by atomic mass is 79.9. The zero-order valence-corrected chi connectivity index (χ0v) is 19.2. The van der Waals surface area contributed by atoms with Crippen LogP contribution in [-0.4, -0.2) is 35.5 Å². The quantitative estimate of drug-likeness (QED) is 0.378. The van der Waals surface area contributed by atoms with Crippen LogP contribution in [0.5, 0.6) is 0 Å². The number of thiazole rings is 1. The molecule has 0 atom stereocenters. The number of hydrogen-bond acceptors (Lipinski definition) is 5. The summed E-state index contributed by atoms with van der Waals surface area (Å²) < 4.78 is 9.41. The van der Waals surface area contributed by atoms with E-state index in [4.69, 9.17) is 4.74 Å². The Morgan fingerprint density at radius 2 is 1.94 bits per heavy atom. The second-order valence-corrected chi connectivity index (χ2v) is 8.86. The van der Waals surface area contributed by atoms with Crippen molar-refractivity contribution in [2.24, 2.45) is 4.99 Å². The van der Waals surface area contributed by atoms with Crippen molar-refractivity contribution in [2.45, 2.75) is 26.3 Å². The van der Waals surface area contributed by atoms with Crippen molar-refractivity contribution in [2.75, 3.05) is 18.1 Å². The molecule has 1 aliphatic rings. The van der Waals surface area contributed by atoms with E-state index in [1.807, 2.05) is 29.7 Å². The van der Waals surface area contributed by atoms with Crippen LogP contribution in [0.4, 0.5) is 5.69 Å². The van der Waals surface area contributed by atoms with Gasteiger partial charge in [-0.05, 0) is 43.3 Å². The number of hydrogen-bond donors (Lipinski definition) is 0. The van der Waals surface area contributed by atoms with Gasteiger partial charge in [0.25, 0.3) is 5.91 Å². The van der Waals surface area contributed by atoms with Crippen molar-refractivity contribution in [3.05, 3.63) is 57.3 Å². The van der Waals surface area contributed by atoms with Crippen molar-refractivity contribution >= 4 is 60.9 Å². The number of ether oxygens (including phenoxy) is 1. The summed E-state index contributed by atoms with van der Waals surface area (Å²) in [5.41, 5.74) is 1.69. The Kier molecular flexibility index (Phi) is 6.45. The molecule has 9 heteroatoms. The van der Waals surface area contributed by atoms with Crippen molar-refractivity contribution in [1.82, 2.24) is 4.57 Å². The molecule has 1 aliphatic heterocycles. The van der Waals surface area contributed by atoms with Gasteiger partial charge in [0, 0.05) is 36.0 Å². The smallest absolute Gasteiger partial charge is 0.279 e. The Morgan fingerprint density at radius 3 is 2.68 bits per heavy atom. The third-order valence-corrected chi connectivity index (χ3v) is 6.44. The Balaban J connectivity index is 1.72. The lowest BCUT2D eigenvalue weighted by atomic mass is 10.2. The van der Waals surface area contributed by atoms with Crippen LogP contribution in [-0.2, 0) is 20.9 Å². The van der Waals surface area contributed by atoms with E-state index in [-0.39, 0.29) is 24.7 Å². The molecule has 2 heterocycles. The van der Waals surface area contributed by atoms with E-state index < -0.39 is 5.91 Å². The van der Waals surface area contributed by atoms with Gasteiger partial charge in [-0.3, -0.25) is 19.3 Å². The van der Waals surface area contributed by atoms with Crippen LogP contribution in [0, 0.1) is 0 Å². The lowest BCUT2D eigenvalue weighted by molar-refractivity contribution is -0.121. The number of imide groups is 1. The molecular formula is C22H20BrN3O4S. The standard InChI is InChI=1S/C22H20BrN3O4S/c1-2-30-11-10-25-17-7-6-15(23)13-18(17)31-22(25)24-21(29)14-4-3-5-16(12-14)26-19(27)8-9-20(26)28/h3-7,12-13H,2,8-11H2,1H3. The minimum atomic E-state index is -0.434. The van der Waals surface area contributed by atoms with Crippen molar-refractivity contribution in [3.63, 3.8) is 0 Å². The summed E-state index contributed by atoms with van der Waals surface area (Å²) in [4.78, 5) is 43.1. The highest BCUT2D eigenvalue weighted by molar-refractivity contribution is 9.10. The number of halogens is 1. The summed E-state index contributed by atoms with van der Waals surface area (Å²) in [7, 11) is 0. The Hall–Kier alpha value is -2.62. The molecule has 3 aromatic rings. The SMILES string of the molecule is CCOCCn1c(=NC(=O)c2cccc(N3C(=O)CCC3=O)c2)sc2cc(Br)ccc21. The van der Waals surface area contributed by atoms with Gasteiger partial charge in [-0.1, -0.05) is 33.3 Å². The summed E-state index contributed by atoms with van der Waals surface area (Å²) in [6, 6.07) is 12.4. The Morgan fingerprint density at radius 1 is 1.16 bits per heavy atom. The fraction of sp³-hybridized carbons (Fsp3) is 0.273. The zero-order valence-electron chi connectivity index (χ0n) is 16.8. The molecular weight excluding hydrogens is 482 g/mol. The van der Waals surface area contributed by atoms with E-state index in [0.717, 1.165) is 19.6 Å². The number of carbonyl (C=O) groups excluding carboxylic acids is 3. The molecule has 1 saturated heterocycles. The van der Waals surface area contributed by atoms with Crippen LogP contribution in [0.15, 0.2) is 51.9 Å². The summed E-state index contributed by atoms with van der Waals surface area (Å²) in [5, 5.41) is 0. The molecule has 7 nitrogen and oxygen atoms in total. The summed E-state index contributed by atoms with van der Waals surface area (Å²) in [6.07, 6.45) is 0.386. The first-order valence-electron chi connectivity index (χ1n) is 9.89. The summed E-state index contributed by atoms with van der Waals surface area (Å²) in [5.74, 6) is -0.942. The first-order chi connectivity index (χ1) is 15.0. The number of carbonyl (C=O) groups is 3. The van der Waals surface area contributed by atoms with Crippen LogP contribution in [0.2, 0.25) is 0 Å². The minimum Gasteiger partial charge on any atom is -0.380 e. The van der Waals surface area contributed by atoms with Gasteiger partial charge in [-0.25, -0.2) is 0 Å². The van der Waals surface area contributed by atoms with E-state index in [1.54, 1.807) is 24.3 Å². The maximum absolute atomic E-state index is 13.0. The highest BCUT2D eigenvalue weighted by Gasteiger charge is 2.30. The number of nitrogens with zero attached hydrogens (tertiary/aromatic N) is 3. The third kappa shape index (κ3) is 4.53. The van der Waals surface area contributed by atoms with E-state index in [2.05, 4.69) is 20.9 Å². The van der Waals surface area contributed by atoms with Crippen LogP contribution in [0.3, 0.4) is 0 Å². The average Bonchev–Trinajstić information content (AvgIpc) is 3.26. The number of anilines is 1. The maximum atomic E-state index is 13.0. The Labute approximate surface area is 191 Å². The predicted octanol–water partition coefficient (Wildman–Crippen LogP) is 3.90. The molecule has 2 aromatic carbocycles. The van der Waals surface area contributed by atoms with Gasteiger partial charge < -0.3 is 9.30 Å². The van der Waals surface area contributed by atoms with E-state index in [9.17, 15) is 14.4 Å². The second kappa shape index (κ2) is 9.25. The molecule has 0 radical (unpaired) electrons. The molecule has 31 heavy (non-hydrogen) atoms. The van der Waals surface area contributed by atoms with Crippen LogP contribution in [0.1, 0.15) is 30.1 Å². The van der Waals surface area contributed by atoms with Crippen molar-refractivity contribution in [3.8, 4) is 0 Å². The number of amides is 3. The normalized spacial score (nSPS) is 14.8. The minimum absolute atomic E-state index is 0.193. The fourth-order valence-electron chi connectivity index (χ4n) is 3.44.